The number of para-hydroxylation sites is 2. The third kappa shape index (κ3) is 5.94. The summed E-state index contributed by atoms with van der Waals surface area (Å²) in [5.41, 5.74) is 0.685. The second-order valence-corrected chi connectivity index (χ2v) is 6.82. The van der Waals surface area contributed by atoms with Gasteiger partial charge in [0.2, 0.25) is 5.91 Å². The van der Waals surface area contributed by atoms with E-state index in [4.69, 9.17) is 9.84 Å². The molecule has 1 fully saturated rings. The topological polar surface area (TPSA) is 82.1 Å². The highest BCUT2D eigenvalue weighted by Gasteiger charge is 2.29. The summed E-state index contributed by atoms with van der Waals surface area (Å²) in [5, 5.41) is 12.0. The molecule has 0 aromatic heterocycles. The number of rotatable bonds is 9. The van der Waals surface area contributed by atoms with E-state index in [2.05, 4.69) is 10.2 Å². The van der Waals surface area contributed by atoms with Gasteiger partial charge in [-0.25, -0.2) is 0 Å². The lowest BCUT2D eigenvalue weighted by Crippen LogP contribution is -2.51. The van der Waals surface area contributed by atoms with E-state index < -0.39 is 5.97 Å². The number of likely N-dealkylation sites (N-methyl/N-ethyl adjacent to an activating group) is 1. The molecule has 0 saturated carbocycles. The van der Waals surface area contributed by atoms with Gasteiger partial charge >= 0.3 is 5.97 Å². The van der Waals surface area contributed by atoms with Crippen LogP contribution in [0.2, 0.25) is 0 Å². The molecule has 1 aliphatic heterocycles. The average Bonchev–Trinajstić information content (AvgIpc) is 2.67. The normalized spacial score (nSPS) is 16.9. The molecule has 7 nitrogen and oxygen atoms in total. The Balaban J connectivity index is 1.90. The number of anilines is 1. The summed E-state index contributed by atoms with van der Waals surface area (Å²) < 4.78 is 5.57. The lowest BCUT2D eigenvalue weighted by molar-refractivity contribution is -0.139. The molecule has 7 heteroatoms. The summed E-state index contributed by atoms with van der Waals surface area (Å²) in [4.78, 5) is 27.9. The molecule has 2 N–H and O–H groups in total. The Hall–Kier alpha value is -2.12. The Kier molecular flexibility index (Phi) is 8.06. The van der Waals surface area contributed by atoms with E-state index in [0.717, 1.165) is 32.5 Å². The largest absolute Gasteiger partial charge is 0.492 e. The Bertz CT molecular complexity index is 629. The lowest BCUT2D eigenvalue weighted by Gasteiger charge is -2.39. The summed E-state index contributed by atoms with van der Waals surface area (Å²) >= 11 is 0. The number of carboxylic acid groups (broad SMARTS) is 1. The number of benzene rings is 1. The van der Waals surface area contributed by atoms with E-state index in [9.17, 15) is 9.59 Å². The van der Waals surface area contributed by atoms with E-state index in [1.165, 1.54) is 0 Å². The Morgan fingerprint density at radius 1 is 1.30 bits per heavy atom. The third-order valence-electron chi connectivity index (χ3n) is 5.13. The van der Waals surface area contributed by atoms with Gasteiger partial charge in [-0.3, -0.25) is 19.4 Å². The Morgan fingerprint density at radius 2 is 1.96 bits per heavy atom. The number of ether oxygens (including phenoxy) is 1. The smallest absolute Gasteiger partial charge is 0.317 e. The first-order valence-electron chi connectivity index (χ1n) is 9.68. The van der Waals surface area contributed by atoms with Gasteiger partial charge in [-0.15, -0.1) is 0 Å². The predicted octanol–water partition coefficient (Wildman–Crippen LogP) is 2.28. The summed E-state index contributed by atoms with van der Waals surface area (Å²) in [6.07, 6.45) is 1.74. The SMILES string of the molecule is CCOc1ccccc1NC(=O)C(C)N1CCC(N(CC)CC(=O)O)CC1. The van der Waals surface area contributed by atoms with Gasteiger partial charge in [0.1, 0.15) is 5.75 Å². The molecule has 0 radical (unpaired) electrons. The third-order valence-corrected chi connectivity index (χ3v) is 5.13. The van der Waals surface area contributed by atoms with Crippen molar-refractivity contribution in [3.05, 3.63) is 24.3 Å². The number of amides is 1. The van der Waals surface area contributed by atoms with Gasteiger partial charge in [0.25, 0.3) is 0 Å². The fraction of sp³-hybridized carbons (Fsp3) is 0.600. The summed E-state index contributed by atoms with van der Waals surface area (Å²) in [7, 11) is 0. The minimum atomic E-state index is -0.792. The van der Waals surface area contributed by atoms with Crippen molar-refractivity contribution in [1.29, 1.82) is 0 Å². The first kappa shape index (κ1) is 21.2. The van der Waals surface area contributed by atoms with Crippen LogP contribution in [0.1, 0.15) is 33.6 Å². The van der Waals surface area contributed by atoms with E-state index >= 15 is 0 Å². The number of nitrogens with zero attached hydrogens (tertiary/aromatic N) is 2. The molecule has 0 spiro atoms. The quantitative estimate of drug-likeness (QED) is 0.687. The number of piperidine rings is 1. The molecule has 1 amide bonds. The van der Waals surface area contributed by atoms with Crippen LogP contribution in [0.3, 0.4) is 0 Å². The number of carboxylic acids is 1. The fourth-order valence-corrected chi connectivity index (χ4v) is 3.57. The molecule has 1 unspecified atom stereocenters. The van der Waals surface area contributed by atoms with E-state index in [0.29, 0.717) is 18.0 Å². The van der Waals surface area contributed by atoms with Crippen molar-refractivity contribution in [3.8, 4) is 5.75 Å². The van der Waals surface area contributed by atoms with Gasteiger partial charge in [-0.2, -0.15) is 0 Å². The molecular formula is C20H31N3O4. The minimum absolute atomic E-state index is 0.0570. The van der Waals surface area contributed by atoms with Crippen LogP contribution in [0.5, 0.6) is 5.75 Å². The number of aliphatic carboxylic acids is 1. The van der Waals surface area contributed by atoms with Gasteiger partial charge in [-0.1, -0.05) is 19.1 Å². The predicted molar refractivity (Wildman–Crippen MR) is 105 cm³/mol. The zero-order chi connectivity index (χ0) is 19.8. The highest BCUT2D eigenvalue weighted by Crippen LogP contribution is 2.25. The van der Waals surface area contributed by atoms with Crippen LogP contribution >= 0.6 is 0 Å². The minimum Gasteiger partial charge on any atom is -0.492 e. The van der Waals surface area contributed by atoms with E-state index in [-0.39, 0.29) is 24.5 Å². The van der Waals surface area contributed by atoms with E-state index in [1.54, 1.807) is 0 Å². The molecule has 2 rings (SSSR count). The molecule has 150 valence electrons. The number of nitrogens with one attached hydrogen (secondary N) is 1. The molecule has 0 aliphatic carbocycles. The van der Waals surface area contributed by atoms with Crippen LogP contribution in [0, 0.1) is 0 Å². The zero-order valence-corrected chi connectivity index (χ0v) is 16.5. The first-order chi connectivity index (χ1) is 13.0. The second-order valence-electron chi connectivity index (χ2n) is 6.82. The van der Waals surface area contributed by atoms with Gasteiger partial charge in [0.05, 0.1) is 24.9 Å². The van der Waals surface area contributed by atoms with Crippen molar-refractivity contribution < 1.29 is 19.4 Å². The molecule has 1 aromatic carbocycles. The molecule has 27 heavy (non-hydrogen) atoms. The standard InChI is InChI=1S/C20H31N3O4/c1-4-22(14-19(24)25)16-10-12-23(13-11-16)15(3)20(26)21-17-8-6-7-9-18(17)27-5-2/h6-9,15-16H,4-5,10-14H2,1-3H3,(H,21,26)(H,24,25). The maximum absolute atomic E-state index is 12.7. The second kappa shape index (κ2) is 10.3. The molecule has 1 saturated heterocycles. The summed E-state index contributed by atoms with van der Waals surface area (Å²) in [6, 6.07) is 7.44. The van der Waals surface area contributed by atoms with Crippen molar-refractivity contribution in [3.63, 3.8) is 0 Å². The van der Waals surface area contributed by atoms with Crippen molar-refractivity contribution in [2.75, 3.05) is 38.1 Å². The van der Waals surface area contributed by atoms with Crippen molar-refractivity contribution in [2.24, 2.45) is 0 Å². The van der Waals surface area contributed by atoms with Gasteiger partial charge in [-0.05, 0) is 45.4 Å². The monoisotopic (exact) mass is 377 g/mol. The number of carbonyl (C=O) groups is 2. The molecular weight excluding hydrogens is 346 g/mol. The zero-order valence-electron chi connectivity index (χ0n) is 16.5. The summed E-state index contributed by atoms with van der Waals surface area (Å²) in [6.45, 7) is 8.71. The average molecular weight is 377 g/mol. The van der Waals surface area contributed by atoms with Crippen LogP contribution in [0.4, 0.5) is 5.69 Å². The molecule has 1 atom stereocenters. The molecule has 1 aromatic rings. The first-order valence-corrected chi connectivity index (χ1v) is 9.68. The maximum atomic E-state index is 12.7. The number of hydrogen-bond donors (Lipinski definition) is 2. The van der Waals surface area contributed by atoms with Crippen LogP contribution in [-0.2, 0) is 9.59 Å². The highest BCUT2D eigenvalue weighted by molar-refractivity contribution is 5.95. The number of carbonyl (C=O) groups excluding carboxylic acids is 1. The molecule has 1 heterocycles. The number of likely N-dealkylation sites (tertiary alicyclic amines) is 1. The number of hydrogen-bond acceptors (Lipinski definition) is 5. The van der Waals surface area contributed by atoms with Crippen LogP contribution < -0.4 is 10.1 Å². The Morgan fingerprint density at radius 3 is 2.56 bits per heavy atom. The fourth-order valence-electron chi connectivity index (χ4n) is 3.57. The van der Waals surface area contributed by atoms with Gasteiger partial charge in [0, 0.05) is 19.1 Å². The summed E-state index contributed by atoms with van der Waals surface area (Å²) in [5.74, 6) is -0.176. The van der Waals surface area contributed by atoms with Crippen LogP contribution in [0.15, 0.2) is 24.3 Å². The van der Waals surface area contributed by atoms with Crippen LogP contribution in [0.25, 0.3) is 0 Å². The molecule has 1 aliphatic rings. The van der Waals surface area contributed by atoms with Gasteiger partial charge < -0.3 is 15.2 Å². The lowest BCUT2D eigenvalue weighted by atomic mass is 10.0. The van der Waals surface area contributed by atoms with E-state index in [1.807, 2.05) is 49.9 Å². The maximum Gasteiger partial charge on any atom is 0.317 e. The Labute approximate surface area is 161 Å². The van der Waals surface area contributed by atoms with Gasteiger partial charge in [0.15, 0.2) is 0 Å². The highest BCUT2D eigenvalue weighted by atomic mass is 16.5. The molecule has 0 bridgehead atoms. The van der Waals surface area contributed by atoms with Crippen molar-refractivity contribution >= 4 is 17.6 Å². The van der Waals surface area contributed by atoms with Crippen LogP contribution in [-0.4, -0.2) is 71.7 Å². The van der Waals surface area contributed by atoms with Crippen molar-refractivity contribution in [2.45, 2.75) is 45.7 Å². The van der Waals surface area contributed by atoms with Crippen molar-refractivity contribution in [1.82, 2.24) is 9.80 Å².